The van der Waals surface area contributed by atoms with Crippen LogP contribution in [0.5, 0.6) is 0 Å². The van der Waals surface area contributed by atoms with E-state index < -0.39 is 0 Å². The number of aromatic amines is 1. The summed E-state index contributed by atoms with van der Waals surface area (Å²) in [6, 6.07) is 8.76. The van der Waals surface area contributed by atoms with Gasteiger partial charge in [-0.05, 0) is 35.6 Å². The summed E-state index contributed by atoms with van der Waals surface area (Å²) < 4.78 is 0. The van der Waals surface area contributed by atoms with Crippen LogP contribution < -0.4 is 0 Å². The van der Waals surface area contributed by atoms with E-state index in [1.54, 1.807) is 6.20 Å². The molecule has 0 saturated heterocycles. The molecule has 1 N–H and O–H groups in total. The molecular weight excluding hydrogens is 318 g/mol. The number of rotatable bonds is 3. The van der Waals surface area contributed by atoms with E-state index in [1.807, 2.05) is 18.5 Å². The van der Waals surface area contributed by atoms with Crippen molar-refractivity contribution in [1.82, 2.24) is 14.9 Å². The second-order valence-corrected chi connectivity index (χ2v) is 6.45. The Bertz CT molecular complexity index is 968. The quantitative estimate of drug-likeness (QED) is 0.710. The van der Waals surface area contributed by atoms with Crippen molar-refractivity contribution < 1.29 is 0 Å². The summed E-state index contributed by atoms with van der Waals surface area (Å²) in [6.45, 7) is 7.14. The van der Waals surface area contributed by atoms with Gasteiger partial charge in [0.1, 0.15) is 0 Å². The predicted octanol–water partition coefficient (Wildman–Crippen LogP) is 5.24. The number of H-pyrrole nitrogens is 1. The Morgan fingerprint density at radius 1 is 1.25 bits per heavy atom. The van der Waals surface area contributed by atoms with Gasteiger partial charge in [-0.3, -0.25) is 4.98 Å². The summed E-state index contributed by atoms with van der Waals surface area (Å²) in [5.74, 6) is 0. The van der Waals surface area contributed by atoms with Crippen LogP contribution in [0.2, 0.25) is 5.02 Å². The Balaban J connectivity index is 1.63. The molecule has 0 bridgehead atoms. The maximum Gasteiger partial charge on any atom is 0.0668 e. The number of nitrogens with one attached hydrogen (secondary N) is 1. The fourth-order valence-electron chi connectivity index (χ4n) is 3.12. The molecule has 0 amide bonds. The first kappa shape index (κ1) is 15.0. The van der Waals surface area contributed by atoms with E-state index in [0.717, 1.165) is 29.8 Å². The van der Waals surface area contributed by atoms with E-state index in [-0.39, 0.29) is 0 Å². The molecule has 0 radical (unpaired) electrons. The van der Waals surface area contributed by atoms with Gasteiger partial charge < -0.3 is 9.88 Å². The third-order valence-electron chi connectivity index (χ3n) is 4.49. The van der Waals surface area contributed by atoms with Gasteiger partial charge >= 0.3 is 0 Å². The monoisotopic (exact) mass is 335 g/mol. The normalized spacial score (nSPS) is 13.6. The molecule has 3 nitrogen and oxygen atoms in total. The van der Waals surface area contributed by atoms with Gasteiger partial charge in [0.15, 0.2) is 0 Å². The van der Waals surface area contributed by atoms with Crippen molar-refractivity contribution in [2.45, 2.75) is 19.9 Å². The van der Waals surface area contributed by atoms with Crippen molar-refractivity contribution in [3.8, 4) is 0 Å². The lowest BCUT2D eigenvalue weighted by atomic mass is 10.0. The molecule has 4 heteroatoms. The number of pyridine rings is 1. The lowest BCUT2D eigenvalue weighted by Gasteiger charge is -2.28. The van der Waals surface area contributed by atoms with Gasteiger partial charge in [0, 0.05) is 53.2 Å². The van der Waals surface area contributed by atoms with Crippen molar-refractivity contribution in [1.29, 1.82) is 0 Å². The molecule has 1 aliphatic rings. The molecule has 0 spiro atoms. The molecule has 2 aromatic heterocycles. The number of aromatic nitrogens is 2. The Hall–Kier alpha value is -2.52. The van der Waals surface area contributed by atoms with Gasteiger partial charge in [0.25, 0.3) is 0 Å². The highest BCUT2D eigenvalue weighted by Gasteiger charge is 2.18. The highest BCUT2D eigenvalue weighted by Crippen LogP contribution is 2.32. The van der Waals surface area contributed by atoms with Crippen LogP contribution >= 0.6 is 11.6 Å². The molecule has 1 aromatic carbocycles. The molecule has 0 atom stereocenters. The van der Waals surface area contributed by atoms with Crippen molar-refractivity contribution in [2.75, 3.05) is 0 Å². The zero-order valence-corrected chi connectivity index (χ0v) is 14.3. The van der Waals surface area contributed by atoms with E-state index >= 15 is 0 Å². The molecule has 0 fully saturated rings. The van der Waals surface area contributed by atoms with Crippen LogP contribution in [0.3, 0.4) is 0 Å². The Labute approximate surface area is 146 Å². The average molecular weight is 336 g/mol. The van der Waals surface area contributed by atoms with E-state index in [4.69, 9.17) is 11.6 Å². The topological polar surface area (TPSA) is 31.9 Å². The van der Waals surface area contributed by atoms with Gasteiger partial charge in [0.2, 0.25) is 0 Å². The summed E-state index contributed by atoms with van der Waals surface area (Å²) in [5, 5.41) is 1.91. The minimum Gasteiger partial charge on any atom is -0.358 e. The molecule has 4 rings (SSSR count). The minimum absolute atomic E-state index is 0.657. The van der Waals surface area contributed by atoms with Crippen LogP contribution in [0, 0.1) is 0 Å². The lowest BCUT2D eigenvalue weighted by molar-refractivity contribution is 0.527. The number of aryl methyl sites for hydroxylation is 1. The number of hydrogen-bond donors (Lipinski definition) is 1. The molecule has 1 aliphatic heterocycles. The van der Waals surface area contributed by atoms with E-state index in [0.29, 0.717) is 5.02 Å². The first-order chi connectivity index (χ1) is 11.7. The van der Waals surface area contributed by atoms with E-state index in [9.17, 15) is 0 Å². The third kappa shape index (κ3) is 2.51. The standard InChI is InChI=1S/C20H18ClN3/c1-3-16-9-15-5-4-14(8-20(15)23-16)12-24-7-6-17-18(13(24)2)10-22-11-19(17)21/h4-11,23H,2-3,12H2,1H3. The summed E-state index contributed by atoms with van der Waals surface area (Å²) in [5.41, 5.74) is 6.57. The van der Waals surface area contributed by atoms with Crippen LogP contribution in [-0.4, -0.2) is 14.9 Å². The largest absolute Gasteiger partial charge is 0.358 e. The zero-order valence-electron chi connectivity index (χ0n) is 13.5. The number of benzene rings is 1. The maximum atomic E-state index is 6.22. The Kier molecular flexibility index (Phi) is 3.66. The second-order valence-electron chi connectivity index (χ2n) is 6.04. The first-order valence-corrected chi connectivity index (χ1v) is 8.41. The smallest absolute Gasteiger partial charge is 0.0668 e. The third-order valence-corrected chi connectivity index (χ3v) is 4.80. The number of hydrogen-bond acceptors (Lipinski definition) is 2. The Morgan fingerprint density at radius 3 is 2.96 bits per heavy atom. The summed E-state index contributed by atoms with van der Waals surface area (Å²) in [7, 11) is 0. The van der Waals surface area contributed by atoms with E-state index in [1.165, 1.54) is 22.2 Å². The predicted molar refractivity (Wildman–Crippen MR) is 101 cm³/mol. The Morgan fingerprint density at radius 2 is 2.12 bits per heavy atom. The summed E-state index contributed by atoms with van der Waals surface area (Å²) in [6.07, 6.45) is 8.56. The minimum atomic E-state index is 0.657. The second kappa shape index (κ2) is 5.84. The van der Waals surface area contributed by atoms with Gasteiger partial charge in [-0.1, -0.05) is 37.2 Å². The highest BCUT2D eigenvalue weighted by atomic mass is 35.5. The van der Waals surface area contributed by atoms with Crippen LogP contribution in [0.1, 0.15) is 29.3 Å². The number of fused-ring (bicyclic) bond motifs is 2. The average Bonchev–Trinajstić information content (AvgIpc) is 3.00. The van der Waals surface area contributed by atoms with Crippen LogP contribution in [0.4, 0.5) is 0 Å². The number of nitrogens with zero attached hydrogens (tertiary/aromatic N) is 2. The van der Waals surface area contributed by atoms with Gasteiger partial charge in [-0.2, -0.15) is 0 Å². The van der Waals surface area contributed by atoms with Crippen molar-refractivity contribution in [3.05, 3.63) is 76.8 Å². The zero-order chi connectivity index (χ0) is 16.7. The fourth-order valence-corrected chi connectivity index (χ4v) is 3.34. The highest BCUT2D eigenvalue weighted by molar-refractivity contribution is 6.32. The maximum absolute atomic E-state index is 6.22. The van der Waals surface area contributed by atoms with Crippen LogP contribution in [-0.2, 0) is 13.0 Å². The van der Waals surface area contributed by atoms with Crippen LogP contribution in [0.15, 0.2) is 49.4 Å². The molecule has 3 heterocycles. The summed E-state index contributed by atoms with van der Waals surface area (Å²) >= 11 is 6.22. The molecule has 0 saturated carbocycles. The molecular formula is C20H18ClN3. The molecule has 3 aromatic rings. The van der Waals surface area contributed by atoms with Crippen molar-refractivity contribution in [3.63, 3.8) is 0 Å². The van der Waals surface area contributed by atoms with E-state index in [2.05, 4.69) is 52.6 Å². The van der Waals surface area contributed by atoms with Gasteiger partial charge in [-0.15, -0.1) is 0 Å². The SMILES string of the molecule is C=C1c2cncc(Cl)c2C=CN1Cc1ccc2cc(CC)[nH]c2c1. The molecule has 120 valence electrons. The lowest BCUT2D eigenvalue weighted by Crippen LogP contribution is -2.18. The van der Waals surface area contributed by atoms with Gasteiger partial charge in [-0.25, -0.2) is 0 Å². The molecule has 24 heavy (non-hydrogen) atoms. The van der Waals surface area contributed by atoms with Crippen molar-refractivity contribution in [2.24, 2.45) is 0 Å². The summed E-state index contributed by atoms with van der Waals surface area (Å²) in [4.78, 5) is 9.79. The molecule has 0 unspecified atom stereocenters. The fraction of sp³-hybridized carbons (Fsp3) is 0.150. The van der Waals surface area contributed by atoms with Gasteiger partial charge in [0.05, 0.1) is 5.02 Å². The molecule has 0 aliphatic carbocycles. The van der Waals surface area contributed by atoms with Crippen molar-refractivity contribution >= 4 is 34.3 Å². The van der Waals surface area contributed by atoms with Crippen LogP contribution in [0.25, 0.3) is 22.7 Å². The first-order valence-electron chi connectivity index (χ1n) is 8.04. The number of halogens is 1.